The number of halogens is 1. The van der Waals surface area contributed by atoms with E-state index in [4.69, 9.17) is 10.3 Å². The first-order chi connectivity index (χ1) is 10.2. The Morgan fingerprint density at radius 2 is 1.81 bits per heavy atom. The Labute approximate surface area is 126 Å². The lowest BCUT2D eigenvalue weighted by Crippen LogP contribution is -1.89. The molecule has 1 aromatic heterocycles. The molecule has 0 bridgehead atoms. The molecule has 0 saturated carbocycles. The molecular formula is C16H13FN2OS. The Kier molecular flexibility index (Phi) is 3.66. The minimum absolute atomic E-state index is 0.229. The molecule has 5 heteroatoms. The maximum atomic E-state index is 13.1. The van der Waals surface area contributed by atoms with Gasteiger partial charge in [0, 0.05) is 10.5 Å². The third kappa shape index (κ3) is 2.52. The van der Waals surface area contributed by atoms with Crippen LogP contribution in [0.15, 0.2) is 57.9 Å². The molecule has 21 heavy (non-hydrogen) atoms. The number of nitrogen functional groups attached to an aromatic ring is 1. The molecule has 3 rings (SSSR count). The predicted octanol–water partition coefficient (Wildman–Crippen LogP) is 4.45. The topological polar surface area (TPSA) is 52.0 Å². The first-order valence-corrected chi connectivity index (χ1v) is 7.57. The van der Waals surface area contributed by atoms with Crippen LogP contribution in [-0.2, 0) is 0 Å². The quantitative estimate of drug-likeness (QED) is 0.726. The summed E-state index contributed by atoms with van der Waals surface area (Å²) in [7, 11) is 0. The maximum absolute atomic E-state index is 13.1. The average Bonchev–Trinajstić information content (AvgIpc) is 2.90. The number of hydrogen-bond acceptors (Lipinski definition) is 4. The molecule has 2 aromatic carbocycles. The van der Waals surface area contributed by atoms with E-state index in [9.17, 15) is 4.39 Å². The summed E-state index contributed by atoms with van der Waals surface area (Å²) >= 11 is 1.62. The zero-order chi connectivity index (χ0) is 14.8. The van der Waals surface area contributed by atoms with Crippen molar-refractivity contribution in [2.24, 2.45) is 0 Å². The summed E-state index contributed by atoms with van der Waals surface area (Å²) in [6.45, 7) is 0. The van der Waals surface area contributed by atoms with Crippen LogP contribution in [0.3, 0.4) is 0 Å². The molecular weight excluding hydrogens is 287 g/mol. The van der Waals surface area contributed by atoms with Gasteiger partial charge in [-0.15, -0.1) is 11.8 Å². The van der Waals surface area contributed by atoms with Gasteiger partial charge in [-0.3, -0.25) is 0 Å². The van der Waals surface area contributed by atoms with Crippen molar-refractivity contribution in [3.63, 3.8) is 0 Å². The summed E-state index contributed by atoms with van der Waals surface area (Å²) in [6, 6.07) is 14.0. The van der Waals surface area contributed by atoms with E-state index in [1.807, 2.05) is 30.5 Å². The van der Waals surface area contributed by atoms with Crippen molar-refractivity contribution in [3.05, 3.63) is 54.3 Å². The van der Waals surface area contributed by atoms with Crippen molar-refractivity contribution in [3.8, 4) is 22.4 Å². The Bertz CT molecular complexity index is 768. The van der Waals surface area contributed by atoms with Crippen LogP contribution < -0.4 is 5.73 Å². The van der Waals surface area contributed by atoms with E-state index >= 15 is 0 Å². The lowest BCUT2D eigenvalue weighted by Gasteiger charge is -2.06. The first-order valence-electron chi connectivity index (χ1n) is 6.35. The number of anilines is 1. The summed E-state index contributed by atoms with van der Waals surface area (Å²) in [5.74, 6) is -0.0626. The summed E-state index contributed by atoms with van der Waals surface area (Å²) in [6.07, 6.45) is 2.00. The molecule has 3 nitrogen and oxygen atoms in total. The highest BCUT2D eigenvalue weighted by atomic mass is 32.2. The summed E-state index contributed by atoms with van der Waals surface area (Å²) in [5, 5.41) is 4.09. The van der Waals surface area contributed by atoms with Crippen LogP contribution in [0.1, 0.15) is 0 Å². The molecule has 0 aliphatic carbocycles. The molecule has 3 aromatic rings. The zero-order valence-electron chi connectivity index (χ0n) is 11.3. The fraction of sp³-hybridized carbons (Fsp3) is 0.0625. The summed E-state index contributed by atoms with van der Waals surface area (Å²) in [5.41, 5.74) is 9.00. The second-order valence-corrected chi connectivity index (χ2v) is 5.33. The van der Waals surface area contributed by atoms with Crippen LogP contribution in [0.25, 0.3) is 22.4 Å². The molecule has 1 heterocycles. The Morgan fingerprint density at radius 3 is 2.52 bits per heavy atom. The maximum Gasteiger partial charge on any atom is 0.230 e. The molecule has 2 N–H and O–H groups in total. The summed E-state index contributed by atoms with van der Waals surface area (Å²) < 4.78 is 18.3. The van der Waals surface area contributed by atoms with Gasteiger partial charge in [-0.25, -0.2) is 4.39 Å². The number of nitrogens with zero attached hydrogens (tertiary/aromatic N) is 1. The van der Waals surface area contributed by atoms with Crippen LogP contribution in [0.2, 0.25) is 0 Å². The number of rotatable bonds is 3. The van der Waals surface area contributed by atoms with Crippen molar-refractivity contribution in [1.29, 1.82) is 0 Å². The molecule has 0 spiro atoms. The smallest absolute Gasteiger partial charge is 0.230 e. The molecule has 106 valence electrons. The Hall–Kier alpha value is -2.27. The van der Waals surface area contributed by atoms with Gasteiger partial charge < -0.3 is 10.3 Å². The normalized spacial score (nSPS) is 10.8. The Morgan fingerprint density at radius 1 is 1.10 bits per heavy atom. The van der Waals surface area contributed by atoms with E-state index in [1.54, 1.807) is 23.9 Å². The minimum Gasteiger partial charge on any atom is -0.367 e. The van der Waals surface area contributed by atoms with E-state index in [0.29, 0.717) is 11.3 Å². The third-order valence-electron chi connectivity index (χ3n) is 3.21. The molecule has 0 saturated heterocycles. The van der Waals surface area contributed by atoms with Crippen LogP contribution in [0.4, 0.5) is 10.3 Å². The largest absolute Gasteiger partial charge is 0.367 e. The van der Waals surface area contributed by atoms with Gasteiger partial charge in [0.2, 0.25) is 5.88 Å². The predicted molar refractivity (Wildman–Crippen MR) is 83.5 cm³/mol. The van der Waals surface area contributed by atoms with Crippen LogP contribution in [0.5, 0.6) is 0 Å². The van der Waals surface area contributed by atoms with Crippen LogP contribution in [-0.4, -0.2) is 11.4 Å². The van der Waals surface area contributed by atoms with Crippen LogP contribution >= 0.6 is 11.8 Å². The van der Waals surface area contributed by atoms with Crippen molar-refractivity contribution >= 4 is 17.6 Å². The molecule has 0 atom stereocenters. The van der Waals surface area contributed by atoms with Gasteiger partial charge in [0.05, 0.1) is 5.56 Å². The average molecular weight is 300 g/mol. The van der Waals surface area contributed by atoms with E-state index in [1.165, 1.54) is 12.1 Å². The number of hydrogen-bond donors (Lipinski definition) is 1. The molecule has 0 fully saturated rings. The second-order valence-electron chi connectivity index (χ2n) is 4.48. The monoisotopic (exact) mass is 300 g/mol. The molecule has 0 amide bonds. The van der Waals surface area contributed by atoms with E-state index in [-0.39, 0.29) is 11.7 Å². The SMILES string of the molecule is CSc1ccccc1-c1noc(N)c1-c1ccc(F)cc1. The van der Waals surface area contributed by atoms with Crippen molar-refractivity contribution in [2.45, 2.75) is 4.90 Å². The van der Waals surface area contributed by atoms with E-state index in [0.717, 1.165) is 16.0 Å². The van der Waals surface area contributed by atoms with Gasteiger partial charge in [0.15, 0.2) is 0 Å². The minimum atomic E-state index is -0.292. The molecule has 0 radical (unpaired) electrons. The van der Waals surface area contributed by atoms with Crippen molar-refractivity contribution < 1.29 is 8.91 Å². The van der Waals surface area contributed by atoms with Gasteiger partial charge in [-0.1, -0.05) is 35.5 Å². The Balaban J connectivity index is 2.19. The van der Waals surface area contributed by atoms with Gasteiger partial charge in [-0.05, 0) is 30.0 Å². The van der Waals surface area contributed by atoms with Gasteiger partial charge in [0.1, 0.15) is 11.5 Å². The number of thioether (sulfide) groups is 1. The summed E-state index contributed by atoms with van der Waals surface area (Å²) in [4.78, 5) is 1.08. The number of nitrogens with two attached hydrogens (primary N) is 1. The number of aromatic nitrogens is 1. The van der Waals surface area contributed by atoms with E-state index in [2.05, 4.69) is 5.16 Å². The molecule has 0 aliphatic heterocycles. The fourth-order valence-electron chi connectivity index (χ4n) is 2.22. The van der Waals surface area contributed by atoms with Gasteiger partial charge in [-0.2, -0.15) is 0 Å². The standard InChI is InChI=1S/C16H13FN2OS/c1-21-13-5-3-2-4-12(13)15-14(16(18)20-19-15)10-6-8-11(17)9-7-10/h2-9H,18H2,1H3. The number of benzene rings is 2. The highest BCUT2D eigenvalue weighted by Crippen LogP contribution is 2.39. The molecule has 0 unspecified atom stereocenters. The lowest BCUT2D eigenvalue weighted by atomic mass is 10.0. The van der Waals surface area contributed by atoms with E-state index < -0.39 is 0 Å². The second kappa shape index (κ2) is 5.61. The third-order valence-corrected chi connectivity index (χ3v) is 4.01. The van der Waals surface area contributed by atoms with Crippen molar-refractivity contribution in [2.75, 3.05) is 12.0 Å². The van der Waals surface area contributed by atoms with Crippen molar-refractivity contribution in [1.82, 2.24) is 5.16 Å². The highest BCUT2D eigenvalue weighted by Gasteiger charge is 2.19. The molecule has 0 aliphatic rings. The van der Waals surface area contributed by atoms with Gasteiger partial charge >= 0.3 is 0 Å². The lowest BCUT2D eigenvalue weighted by molar-refractivity contribution is 0.439. The zero-order valence-corrected chi connectivity index (χ0v) is 12.2. The van der Waals surface area contributed by atoms with Crippen LogP contribution in [0, 0.1) is 5.82 Å². The highest BCUT2D eigenvalue weighted by molar-refractivity contribution is 7.98. The fourth-order valence-corrected chi connectivity index (χ4v) is 2.82. The first kappa shape index (κ1) is 13.7. The van der Waals surface area contributed by atoms with Gasteiger partial charge in [0.25, 0.3) is 0 Å².